The third kappa shape index (κ3) is 67.0. The maximum absolute atomic E-state index is 13.1. The first kappa shape index (κ1) is 91.1. The number of ether oxygens (including phenoxy) is 4. The SMILES string of the molecule is CCC(C)CCCCCCCCCCC(=O)O[C@H](COC(=O)CCCCCCCCCCCCCCC(C)C)COP(=O)(O)OCC(O)COP(=O)(O)OC[C@@H](COC(=O)CCCCCCCCCC(C)C)OC(=O)CCCCCCCCCCCCCCCC(C)C. The van der Waals surface area contributed by atoms with Crippen molar-refractivity contribution in [3.05, 3.63) is 0 Å². The van der Waals surface area contributed by atoms with E-state index in [4.69, 9.17) is 37.0 Å². The summed E-state index contributed by atoms with van der Waals surface area (Å²) < 4.78 is 68.4. The highest BCUT2D eigenvalue weighted by Gasteiger charge is 2.30. The Kier molecular flexibility index (Phi) is 62.2. The highest BCUT2D eigenvalue weighted by molar-refractivity contribution is 7.47. The lowest BCUT2D eigenvalue weighted by molar-refractivity contribution is -0.161. The molecule has 0 aromatic heterocycles. The van der Waals surface area contributed by atoms with Crippen molar-refractivity contribution < 1.29 is 80.2 Å². The van der Waals surface area contributed by atoms with Crippen molar-refractivity contribution in [2.45, 2.75) is 388 Å². The molecule has 19 heteroatoms. The van der Waals surface area contributed by atoms with Crippen molar-refractivity contribution in [3.8, 4) is 0 Å². The van der Waals surface area contributed by atoms with Gasteiger partial charge in [-0.15, -0.1) is 0 Å². The summed E-state index contributed by atoms with van der Waals surface area (Å²) in [5.74, 6) is 0.918. The lowest BCUT2D eigenvalue weighted by Gasteiger charge is -2.21. The molecule has 93 heavy (non-hydrogen) atoms. The van der Waals surface area contributed by atoms with Crippen LogP contribution in [0.1, 0.15) is 370 Å². The molecule has 0 aromatic rings. The minimum atomic E-state index is -4.96. The number of carbonyl (C=O) groups excluding carboxylic acids is 4. The summed E-state index contributed by atoms with van der Waals surface area (Å²) in [6, 6.07) is 0. The maximum Gasteiger partial charge on any atom is 0.472 e. The van der Waals surface area contributed by atoms with Crippen LogP contribution in [0.5, 0.6) is 0 Å². The van der Waals surface area contributed by atoms with Crippen LogP contribution in [0.2, 0.25) is 0 Å². The minimum absolute atomic E-state index is 0.105. The lowest BCUT2D eigenvalue weighted by Crippen LogP contribution is -2.30. The molecule has 552 valence electrons. The zero-order valence-electron chi connectivity index (χ0n) is 60.9. The summed E-state index contributed by atoms with van der Waals surface area (Å²) in [6.45, 7) is 14.2. The number of carbonyl (C=O) groups is 4. The van der Waals surface area contributed by atoms with Gasteiger partial charge in [-0.1, -0.05) is 319 Å². The first-order valence-electron chi connectivity index (χ1n) is 38.2. The van der Waals surface area contributed by atoms with Crippen molar-refractivity contribution in [2.75, 3.05) is 39.6 Å². The largest absolute Gasteiger partial charge is 0.472 e. The molecule has 17 nitrogen and oxygen atoms in total. The van der Waals surface area contributed by atoms with Gasteiger partial charge in [0.2, 0.25) is 0 Å². The van der Waals surface area contributed by atoms with Crippen LogP contribution in [0.15, 0.2) is 0 Å². The average molecular weight is 1370 g/mol. The third-order valence-corrected chi connectivity index (χ3v) is 19.3. The summed E-state index contributed by atoms with van der Waals surface area (Å²) in [7, 11) is -9.91. The average Bonchev–Trinajstić information content (AvgIpc) is 2.14. The van der Waals surface area contributed by atoms with Crippen LogP contribution in [-0.2, 0) is 65.4 Å². The molecule has 4 unspecified atom stereocenters. The quantitative estimate of drug-likeness (QED) is 0.0222. The molecule has 0 aliphatic heterocycles. The number of hydrogen-bond donors (Lipinski definition) is 3. The van der Waals surface area contributed by atoms with Gasteiger partial charge in [0.25, 0.3) is 0 Å². The second-order valence-corrected chi connectivity index (χ2v) is 31.3. The van der Waals surface area contributed by atoms with Crippen LogP contribution in [-0.4, -0.2) is 96.7 Å². The van der Waals surface area contributed by atoms with Gasteiger partial charge in [0.05, 0.1) is 26.4 Å². The molecule has 0 aliphatic carbocycles. The van der Waals surface area contributed by atoms with E-state index in [1.165, 1.54) is 167 Å². The Labute approximate surface area is 568 Å². The Hall–Kier alpha value is -1.94. The van der Waals surface area contributed by atoms with Gasteiger partial charge in [-0.2, -0.15) is 0 Å². The predicted molar refractivity (Wildman–Crippen MR) is 377 cm³/mol. The number of phosphoric ester groups is 2. The van der Waals surface area contributed by atoms with E-state index < -0.39 is 97.5 Å². The molecule has 0 bridgehead atoms. The van der Waals surface area contributed by atoms with Gasteiger partial charge in [0.15, 0.2) is 12.2 Å². The number of phosphoric acid groups is 2. The van der Waals surface area contributed by atoms with Crippen LogP contribution < -0.4 is 0 Å². The van der Waals surface area contributed by atoms with Crippen LogP contribution in [0.3, 0.4) is 0 Å². The van der Waals surface area contributed by atoms with Crippen LogP contribution in [0.25, 0.3) is 0 Å². The van der Waals surface area contributed by atoms with E-state index in [0.717, 1.165) is 114 Å². The minimum Gasteiger partial charge on any atom is -0.462 e. The standard InChI is InChI=1S/C74H144O17P2/c1-9-67(8)53-45-37-29-23-24-32-41-49-57-74(79)91-69(60-84-71(76)54-46-38-30-21-17-14-13-16-20-27-35-43-51-65(4)5)62-88-92(80,81)86-58-68(75)59-87-93(82,83)89-63-70(61-85-72(77)55-47-39-33-25-28-36-44-52-66(6)7)90-73(78)56-48-40-31-22-18-12-10-11-15-19-26-34-42-50-64(2)3/h64-70,75H,9-63H2,1-8H3,(H,80,81)(H,82,83)/t67?,68?,69-,70-/m1/s1. The van der Waals surface area contributed by atoms with Crippen molar-refractivity contribution in [2.24, 2.45) is 23.7 Å². The summed E-state index contributed by atoms with van der Waals surface area (Å²) >= 11 is 0. The van der Waals surface area contributed by atoms with Crippen molar-refractivity contribution in [1.29, 1.82) is 0 Å². The Morgan fingerprint density at radius 2 is 0.516 bits per heavy atom. The second-order valence-electron chi connectivity index (χ2n) is 28.4. The molecule has 0 saturated carbocycles. The summed E-state index contributed by atoms with van der Waals surface area (Å²) in [6.07, 6.45) is 47.2. The van der Waals surface area contributed by atoms with Gasteiger partial charge in [-0.25, -0.2) is 9.13 Å². The number of aliphatic hydroxyl groups excluding tert-OH is 1. The van der Waals surface area contributed by atoms with E-state index in [1.54, 1.807) is 0 Å². The smallest absolute Gasteiger partial charge is 0.462 e. The highest BCUT2D eigenvalue weighted by Crippen LogP contribution is 2.45. The van der Waals surface area contributed by atoms with E-state index in [1.807, 2.05) is 0 Å². The van der Waals surface area contributed by atoms with E-state index in [2.05, 4.69) is 55.4 Å². The van der Waals surface area contributed by atoms with E-state index in [0.29, 0.717) is 31.6 Å². The van der Waals surface area contributed by atoms with Crippen LogP contribution in [0.4, 0.5) is 0 Å². The zero-order valence-corrected chi connectivity index (χ0v) is 62.7. The molecule has 0 radical (unpaired) electrons. The zero-order chi connectivity index (χ0) is 68.9. The molecular weight excluding hydrogens is 1220 g/mol. The Balaban J connectivity index is 5.25. The Morgan fingerprint density at radius 1 is 0.301 bits per heavy atom. The number of hydrogen-bond acceptors (Lipinski definition) is 15. The monoisotopic (exact) mass is 1370 g/mol. The summed E-state index contributed by atoms with van der Waals surface area (Å²) in [5.41, 5.74) is 0. The molecule has 0 heterocycles. The summed E-state index contributed by atoms with van der Waals surface area (Å²) in [4.78, 5) is 72.7. The van der Waals surface area contributed by atoms with Gasteiger partial charge in [-0.3, -0.25) is 37.3 Å². The molecule has 0 fully saturated rings. The van der Waals surface area contributed by atoms with Crippen molar-refractivity contribution in [1.82, 2.24) is 0 Å². The first-order chi connectivity index (χ1) is 44.6. The molecule has 3 N–H and O–H groups in total. The van der Waals surface area contributed by atoms with Gasteiger partial charge in [0.1, 0.15) is 19.3 Å². The van der Waals surface area contributed by atoms with Crippen molar-refractivity contribution >= 4 is 39.5 Å². The lowest BCUT2D eigenvalue weighted by atomic mass is 9.99. The molecule has 0 rings (SSSR count). The Morgan fingerprint density at radius 3 is 0.763 bits per heavy atom. The van der Waals surface area contributed by atoms with E-state index >= 15 is 0 Å². The van der Waals surface area contributed by atoms with Crippen LogP contribution in [0, 0.1) is 23.7 Å². The van der Waals surface area contributed by atoms with Gasteiger partial charge in [0, 0.05) is 25.7 Å². The second kappa shape index (κ2) is 63.5. The third-order valence-electron chi connectivity index (χ3n) is 17.4. The normalized spacial score (nSPS) is 14.5. The molecule has 0 aromatic carbocycles. The van der Waals surface area contributed by atoms with E-state index in [-0.39, 0.29) is 25.7 Å². The van der Waals surface area contributed by atoms with Crippen molar-refractivity contribution in [3.63, 3.8) is 0 Å². The molecule has 0 aliphatic rings. The highest BCUT2D eigenvalue weighted by atomic mass is 31.2. The van der Waals surface area contributed by atoms with Crippen LogP contribution >= 0.6 is 15.6 Å². The van der Waals surface area contributed by atoms with Gasteiger partial charge >= 0.3 is 39.5 Å². The fourth-order valence-electron chi connectivity index (χ4n) is 11.2. The van der Waals surface area contributed by atoms with Gasteiger partial charge in [-0.05, 0) is 49.4 Å². The number of unbranched alkanes of at least 4 members (excludes halogenated alkanes) is 36. The fraction of sp³-hybridized carbons (Fsp3) is 0.946. The summed E-state index contributed by atoms with van der Waals surface area (Å²) in [5, 5.41) is 10.6. The molecule has 6 atom stereocenters. The maximum atomic E-state index is 13.1. The molecule has 0 amide bonds. The number of aliphatic hydroxyl groups is 1. The first-order valence-corrected chi connectivity index (χ1v) is 41.2. The van der Waals surface area contributed by atoms with Gasteiger partial charge < -0.3 is 33.8 Å². The molecule has 0 saturated heterocycles. The Bertz CT molecular complexity index is 1840. The predicted octanol–water partition coefficient (Wildman–Crippen LogP) is 21.3. The number of esters is 4. The number of rotatable bonds is 71. The molecule has 0 spiro atoms. The topological polar surface area (TPSA) is 237 Å². The fourth-order valence-corrected chi connectivity index (χ4v) is 12.7. The molecular formula is C74H144O17P2. The van der Waals surface area contributed by atoms with E-state index in [9.17, 15) is 43.2 Å².